The summed E-state index contributed by atoms with van der Waals surface area (Å²) < 4.78 is 10.3. The third kappa shape index (κ3) is 6.41. The van der Waals surface area contributed by atoms with E-state index in [2.05, 4.69) is 6.92 Å². The van der Waals surface area contributed by atoms with Gasteiger partial charge in [-0.15, -0.1) is 0 Å². The molecular formula is C17H24O3. The maximum atomic E-state index is 11.9. The molecular weight excluding hydrogens is 252 g/mol. The predicted octanol–water partition coefficient (Wildman–Crippen LogP) is 4.19. The average Bonchev–Trinajstić information content (AvgIpc) is 2.49. The van der Waals surface area contributed by atoms with Crippen LogP contribution in [0.5, 0.6) is 0 Å². The highest BCUT2D eigenvalue weighted by Gasteiger charge is 2.11. The first kappa shape index (κ1) is 16.3. The zero-order valence-electron chi connectivity index (χ0n) is 12.4. The Morgan fingerprint density at radius 1 is 1.10 bits per heavy atom. The van der Waals surface area contributed by atoms with Crippen LogP contribution in [0.15, 0.2) is 36.1 Å². The number of methoxy groups -OCH3 is 1. The Bertz CT molecular complexity index is 410. The molecule has 0 bridgehead atoms. The Hall–Kier alpha value is -1.77. The van der Waals surface area contributed by atoms with Crippen molar-refractivity contribution in [2.45, 2.75) is 39.0 Å². The van der Waals surface area contributed by atoms with E-state index in [0.717, 1.165) is 18.4 Å². The molecule has 3 heteroatoms. The molecule has 0 aliphatic heterocycles. The Balaban J connectivity index is 2.38. The summed E-state index contributed by atoms with van der Waals surface area (Å²) in [5, 5.41) is 0. The number of unbranched alkanes of at least 4 members (excludes halogenated alkanes) is 4. The standard InChI is InChI=1S/C17H24O3/c1-3-4-5-6-10-13-20-17(18)16(19-2)14-15-11-8-7-9-12-15/h7-9,11-12,14H,3-6,10,13H2,1-2H3. The van der Waals surface area contributed by atoms with E-state index in [1.807, 2.05) is 30.3 Å². The van der Waals surface area contributed by atoms with Crippen molar-refractivity contribution in [2.24, 2.45) is 0 Å². The molecule has 0 fully saturated rings. The van der Waals surface area contributed by atoms with E-state index in [9.17, 15) is 4.79 Å². The number of hydrogen-bond donors (Lipinski definition) is 0. The molecule has 0 atom stereocenters. The van der Waals surface area contributed by atoms with Gasteiger partial charge in [-0.05, 0) is 18.1 Å². The highest BCUT2D eigenvalue weighted by molar-refractivity contribution is 5.91. The molecule has 1 aromatic rings. The van der Waals surface area contributed by atoms with Gasteiger partial charge in [-0.1, -0.05) is 62.9 Å². The van der Waals surface area contributed by atoms with E-state index in [1.165, 1.54) is 26.4 Å². The molecule has 110 valence electrons. The fourth-order valence-corrected chi connectivity index (χ4v) is 1.84. The summed E-state index contributed by atoms with van der Waals surface area (Å²) in [6.45, 7) is 2.64. The van der Waals surface area contributed by atoms with Crippen molar-refractivity contribution in [3.05, 3.63) is 41.7 Å². The predicted molar refractivity (Wildman–Crippen MR) is 81.1 cm³/mol. The Morgan fingerprint density at radius 2 is 1.80 bits per heavy atom. The monoisotopic (exact) mass is 276 g/mol. The van der Waals surface area contributed by atoms with E-state index < -0.39 is 5.97 Å². The molecule has 0 spiro atoms. The number of carbonyl (C=O) groups excluding carboxylic acids is 1. The lowest BCUT2D eigenvalue weighted by Gasteiger charge is -2.07. The first-order valence-corrected chi connectivity index (χ1v) is 7.25. The van der Waals surface area contributed by atoms with E-state index in [4.69, 9.17) is 9.47 Å². The van der Waals surface area contributed by atoms with Crippen LogP contribution in [0.25, 0.3) is 6.08 Å². The van der Waals surface area contributed by atoms with Gasteiger partial charge in [0.1, 0.15) is 0 Å². The molecule has 1 aromatic carbocycles. The smallest absolute Gasteiger partial charge is 0.373 e. The summed E-state index contributed by atoms with van der Waals surface area (Å²) in [5.74, 6) is -0.156. The number of rotatable bonds is 9. The molecule has 1 rings (SSSR count). The van der Waals surface area contributed by atoms with Crippen LogP contribution in [-0.4, -0.2) is 19.7 Å². The molecule has 20 heavy (non-hydrogen) atoms. The molecule has 0 saturated carbocycles. The van der Waals surface area contributed by atoms with Gasteiger partial charge < -0.3 is 9.47 Å². The van der Waals surface area contributed by atoms with Gasteiger partial charge in [0, 0.05) is 0 Å². The zero-order chi connectivity index (χ0) is 14.6. The lowest BCUT2D eigenvalue weighted by molar-refractivity contribution is -0.142. The summed E-state index contributed by atoms with van der Waals surface area (Å²) in [5.41, 5.74) is 0.921. The van der Waals surface area contributed by atoms with Gasteiger partial charge in [0.15, 0.2) is 0 Å². The lowest BCUT2D eigenvalue weighted by atomic mass is 10.2. The van der Waals surface area contributed by atoms with E-state index >= 15 is 0 Å². The van der Waals surface area contributed by atoms with E-state index in [-0.39, 0.29) is 5.76 Å². The number of hydrogen-bond acceptors (Lipinski definition) is 3. The largest absolute Gasteiger partial charge is 0.490 e. The quantitative estimate of drug-likeness (QED) is 0.294. The van der Waals surface area contributed by atoms with E-state index in [0.29, 0.717) is 6.61 Å². The highest BCUT2D eigenvalue weighted by Crippen LogP contribution is 2.09. The topological polar surface area (TPSA) is 35.5 Å². The Morgan fingerprint density at radius 3 is 2.45 bits per heavy atom. The molecule has 3 nitrogen and oxygen atoms in total. The fraction of sp³-hybridized carbons (Fsp3) is 0.471. The van der Waals surface area contributed by atoms with Crippen LogP contribution in [0.3, 0.4) is 0 Å². The fourth-order valence-electron chi connectivity index (χ4n) is 1.84. The van der Waals surface area contributed by atoms with Crippen molar-refractivity contribution < 1.29 is 14.3 Å². The molecule has 0 radical (unpaired) electrons. The lowest BCUT2D eigenvalue weighted by Crippen LogP contribution is -2.10. The molecule has 0 N–H and O–H groups in total. The summed E-state index contributed by atoms with van der Waals surface area (Å²) in [4.78, 5) is 11.9. The molecule has 0 aliphatic carbocycles. The SMILES string of the molecule is CCCCCCCOC(=O)C(=Cc1ccccc1)OC. The van der Waals surface area contributed by atoms with Gasteiger partial charge in [-0.3, -0.25) is 0 Å². The van der Waals surface area contributed by atoms with Crippen LogP contribution in [0.1, 0.15) is 44.6 Å². The van der Waals surface area contributed by atoms with Crippen molar-refractivity contribution in [1.82, 2.24) is 0 Å². The summed E-state index contributed by atoms with van der Waals surface area (Å²) in [7, 11) is 1.48. The summed E-state index contributed by atoms with van der Waals surface area (Å²) >= 11 is 0. The normalized spacial score (nSPS) is 11.2. The highest BCUT2D eigenvalue weighted by atomic mass is 16.6. The molecule has 0 amide bonds. The minimum atomic E-state index is -0.396. The number of ether oxygens (including phenoxy) is 2. The third-order valence-corrected chi connectivity index (χ3v) is 3.00. The number of esters is 1. The van der Waals surface area contributed by atoms with Gasteiger partial charge in [-0.25, -0.2) is 4.79 Å². The molecule has 0 aliphatic rings. The van der Waals surface area contributed by atoms with Gasteiger partial charge in [-0.2, -0.15) is 0 Å². The second kappa shape index (κ2) is 10.1. The van der Waals surface area contributed by atoms with Crippen molar-refractivity contribution in [1.29, 1.82) is 0 Å². The van der Waals surface area contributed by atoms with Crippen molar-refractivity contribution in [2.75, 3.05) is 13.7 Å². The first-order valence-electron chi connectivity index (χ1n) is 7.25. The Kier molecular flexibility index (Phi) is 8.20. The van der Waals surface area contributed by atoms with Gasteiger partial charge in [0.2, 0.25) is 5.76 Å². The van der Waals surface area contributed by atoms with E-state index in [1.54, 1.807) is 6.08 Å². The molecule has 0 heterocycles. The second-order valence-corrected chi connectivity index (χ2v) is 4.67. The van der Waals surface area contributed by atoms with Crippen LogP contribution < -0.4 is 0 Å². The minimum absolute atomic E-state index is 0.241. The maximum Gasteiger partial charge on any atom is 0.373 e. The zero-order valence-corrected chi connectivity index (χ0v) is 12.4. The average molecular weight is 276 g/mol. The van der Waals surface area contributed by atoms with Gasteiger partial charge in [0.05, 0.1) is 13.7 Å². The first-order chi connectivity index (χ1) is 9.77. The van der Waals surface area contributed by atoms with Crippen LogP contribution in [0, 0.1) is 0 Å². The number of benzene rings is 1. The van der Waals surface area contributed by atoms with Gasteiger partial charge >= 0.3 is 5.97 Å². The molecule has 0 aromatic heterocycles. The third-order valence-electron chi connectivity index (χ3n) is 3.00. The van der Waals surface area contributed by atoms with Crippen LogP contribution in [-0.2, 0) is 14.3 Å². The van der Waals surface area contributed by atoms with Gasteiger partial charge in [0.25, 0.3) is 0 Å². The summed E-state index contributed by atoms with van der Waals surface area (Å²) in [6, 6.07) is 9.59. The number of carbonyl (C=O) groups is 1. The minimum Gasteiger partial charge on any atom is -0.490 e. The molecule has 0 saturated heterocycles. The van der Waals surface area contributed by atoms with Crippen molar-refractivity contribution in [3.8, 4) is 0 Å². The molecule has 0 unspecified atom stereocenters. The summed E-state index contributed by atoms with van der Waals surface area (Å²) in [6.07, 6.45) is 7.36. The van der Waals surface area contributed by atoms with Crippen LogP contribution in [0.2, 0.25) is 0 Å². The maximum absolute atomic E-state index is 11.9. The second-order valence-electron chi connectivity index (χ2n) is 4.67. The van der Waals surface area contributed by atoms with Crippen LogP contribution >= 0.6 is 0 Å². The van der Waals surface area contributed by atoms with Crippen molar-refractivity contribution in [3.63, 3.8) is 0 Å². The van der Waals surface area contributed by atoms with Crippen LogP contribution in [0.4, 0.5) is 0 Å². The Labute approximate surface area is 121 Å². The van der Waals surface area contributed by atoms with Crippen molar-refractivity contribution >= 4 is 12.0 Å².